The highest BCUT2D eigenvalue weighted by Crippen LogP contribution is 2.23. The highest BCUT2D eigenvalue weighted by atomic mass is 35.5. The quantitative estimate of drug-likeness (QED) is 0.738. The Morgan fingerprint density at radius 3 is 3.08 bits per heavy atom. The molecular weight excluding hydrogens is 340 g/mol. The molecule has 3 heterocycles. The SMILES string of the molecule is [C-]#[N+]CCN1CCC[C@H]1CNc1nc(Nc2cnn(C)c2)ncc1Cl. The van der Waals surface area contributed by atoms with Gasteiger partial charge in [0.25, 0.3) is 0 Å². The van der Waals surface area contributed by atoms with Gasteiger partial charge in [0.05, 0.1) is 24.6 Å². The lowest BCUT2D eigenvalue weighted by Crippen LogP contribution is -2.36. The van der Waals surface area contributed by atoms with Crippen molar-refractivity contribution in [2.45, 2.75) is 18.9 Å². The van der Waals surface area contributed by atoms with Gasteiger partial charge < -0.3 is 15.5 Å². The molecule has 0 saturated carbocycles. The van der Waals surface area contributed by atoms with Gasteiger partial charge in [-0.3, -0.25) is 9.58 Å². The fourth-order valence-electron chi connectivity index (χ4n) is 2.98. The van der Waals surface area contributed by atoms with E-state index in [2.05, 4.69) is 35.4 Å². The van der Waals surface area contributed by atoms with Gasteiger partial charge >= 0.3 is 0 Å². The predicted molar refractivity (Wildman–Crippen MR) is 98.1 cm³/mol. The summed E-state index contributed by atoms with van der Waals surface area (Å²) in [4.78, 5) is 14.5. The fraction of sp³-hybridized carbons (Fsp3) is 0.500. The summed E-state index contributed by atoms with van der Waals surface area (Å²) in [7, 11) is 1.85. The molecule has 0 bridgehead atoms. The number of halogens is 1. The molecule has 9 heteroatoms. The van der Waals surface area contributed by atoms with Gasteiger partial charge in [-0.05, 0) is 19.4 Å². The topological polar surface area (TPSA) is 75.3 Å². The number of nitrogens with one attached hydrogen (secondary N) is 2. The molecule has 1 fully saturated rings. The molecule has 0 aromatic carbocycles. The minimum Gasteiger partial charge on any atom is -0.367 e. The van der Waals surface area contributed by atoms with Crippen LogP contribution in [0.5, 0.6) is 0 Å². The largest absolute Gasteiger partial charge is 0.367 e. The van der Waals surface area contributed by atoms with Gasteiger partial charge in [0, 0.05) is 25.8 Å². The molecule has 0 aliphatic carbocycles. The van der Waals surface area contributed by atoms with Gasteiger partial charge in [-0.25, -0.2) is 11.6 Å². The Hall–Kier alpha value is -2.37. The summed E-state index contributed by atoms with van der Waals surface area (Å²) < 4.78 is 1.70. The van der Waals surface area contributed by atoms with E-state index in [1.807, 2.05) is 13.2 Å². The summed E-state index contributed by atoms with van der Waals surface area (Å²) in [5.41, 5.74) is 0.817. The Morgan fingerprint density at radius 1 is 1.44 bits per heavy atom. The second kappa shape index (κ2) is 8.14. The van der Waals surface area contributed by atoms with E-state index in [1.165, 1.54) is 0 Å². The molecule has 1 aliphatic heterocycles. The van der Waals surface area contributed by atoms with Crippen LogP contribution in [0.15, 0.2) is 18.6 Å². The normalized spacial score (nSPS) is 17.4. The summed E-state index contributed by atoms with van der Waals surface area (Å²) in [6.45, 7) is 10.1. The number of nitrogens with zero attached hydrogens (tertiary/aromatic N) is 6. The van der Waals surface area contributed by atoms with Crippen molar-refractivity contribution in [2.24, 2.45) is 7.05 Å². The van der Waals surface area contributed by atoms with Crippen molar-refractivity contribution in [3.8, 4) is 0 Å². The number of hydrogen-bond acceptors (Lipinski definition) is 6. The van der Waals surface area contributed by atoms with E-state index in [9.17, 15) is 0 Å². The van der Waals surface area contributed by atoms with E-state index in [1.54, 1.807) is 17.1 Å². The van der Waals surface area contributed by atoms with Crippen molar-refractivity contribution in [2.75, 3.05) is 36.8 Å². The molecule has 1 saturated heterocycles. The van der Waals surface area contributed by atoms with Crippen LogP contribution in [-0.4, -0.2) is 56.9 Å². The van der Waals surface area contributed by atoms with Gasteiger partial charge in [-0.2, -0.15) is 10.1 Å². The molecule has 1 aliphatic rings. The zero-order chi connectivity index (χ0) is 17.6. The van der Waals surface area contributed by atoms with E-state index in [0.717, 1.165) is 38.2 Å². The molecule has 0 radical (unpaired) electrons. The van der Waals surface area contributed by atoms with E-state index >= 15 is 0 Å². The second-order valence-electron chi connectivity index (χ2n) is 6.01. The Labute approximate surface area is 152 Å². The third-order valence-corrected chi connectivity index (χ3v) is 4.48. The summed E-state index contributed by atoms with van der Waals surface area (Å²) in [5, 5.41) is 11.0. The average molecular weight is 361 g/mol. The number of rotatable bonds is 7. The molecular formula is C16H21ClN8. The molecule has 2 aromatic rings. The van der Waals surface area contributed by atoms with E-state index in [-0.39, 0.29) is 0 Å². The number of aryl methyl sites for hydroxylation is 1. The first kappa shape index (κ1) is 17.5. The first-order valence-electron chi connectivity index (χ1n) is 8.25. The highest BCUT2D eigenvalue weighted by molar-refractivity contribution is 6.32. The summed E-state index contributed by atoms with van der Waals surface area (Å²) in [6, 6.07) is 0.405. The van der Waals surface area contributed by atoms with Crippen LogP contribution in [-0.2, 0) is 7.05 Å². The van der Waals surface area contributed by atoms with Crippen LogP contribution in [0.1, 0.15) is 12.8 Å². The van der Waals surface area contributed by atoms with E-state index < -0.39 is 0 Å². The summed E-state index contributed by atoms with van der Waals surface area (Å²) in [5.74, 6) is 1.08. The van der Waals surface area contributed by atoms with E-state index in [0.29, 0.717) is 29.4 Å². The molecule has 3 rings (SSSR count). The highest BCUT2D eigenvalue weighted by Gasteiger charge is 2.24. The maximum Gasteiger partial charge on any atom is 0.229 e. The van der Waals surface area contributed by atoms with Crippen LogP contribution in [0.4, 0.5) is 17.5 Å². The molecule has 8 nitrogen and oxygen atoms in total. The molecule has 0 amide bonds. The zero-order valence-electron chi connectivity index (χ0n) is 14.1. The maximum atomic E-state index is 6.95. The number of hydrogen-bond donors (Lipinski definition) is 2. The molecule has 2 aromatic heterocycles. The number of likely N-dealkylation sites (tertiary alicyclic amines) is 1. The number of aromatic nitrogens is 4. The Morgan fingerprint density at radius 2 is 2.32 bits per heavy atom. The Bertz CT molecular complexity index is 753. The second-order valence-corrected chi connectivity index (χ2v) is 6.42. The minimum absolute atomic E-state index is 0.405. The molecule has 0 unspecified atom stereocenters. The molecule has 1 atom stereocenters. The van der Waals surface area contributed by atoms with Crippen molar-refractivity contribution in [1.82, 2.24) is 24.6 Å². The average Bonchev–Trinajstić information content (AvgIpc) is 3.22. The lowest BCUT2D eigenvalue weighted by atomic mass is 10.2. The van der Waals surface area contributed by atoms with Crippen molar-refractivity contribution in [3.63, 3.8) is 0 Å². The van der Waals surface area contributed by atoms with Crippen LogP contribution in [0.2, 0.25) is 5.02 Å². The van der Waals surface area contributed by atoms with Gasteiger partial charge in [-0.15, -0.1) is 0 Å². The van der Waals surface area contributed by atoms with Crippen molar-refractivity contribution >= 4 is 29.1 Å². The predicted octanol–water partition coefficient (Wildman–Crippen LogP) is 2.40. The lowest BCUT2D eigenvalue weighted by molar-refractivity contribution is 0.275. The van der Waals surface area contributed by atoms with Crippen molar-refractivity contribution in [1.29, 1.82) is 0 Å². The molecule has 132 valence electrons. The zero-order valence-corrected chi connectivity index (χ0v) is 14.9. The first-order valence-corrected chi connectivity index (χ1v) is 8.63. The van der Waals surface area contributed by atoms with Crippen LogP contribution in [0.3, 0.4) is 0 Å². The monoisotopic (exact) mass is 360 g/mol. The van der Waals surface area contributed by atoms with Gasteiger partial charge in [0.2, 0.25) is 12.5 Å². The van der Waals surface area contributed by atoms with Gasteiger partial charge in [0.1, 0.15) is 5.02 Å². The van der Waals surface area contributed by atoms with Crippen LogP contribution >= 0.6 is 11.6 Å². The van der Waals surface area contributed by atoms with Crippen LogP contribution in [0.25, 0.3) is 4.85 Å². The van der Waals surface area contributed by atoms with Crippen LogP contribution in [0, 0.1) is 6.57 Å². The fourth-order valence-corrected chi connectivity index (χ4v) is 3.14. The first-order chi connectivity index (χ1) is 12.2. The summed E-state index contributed by atoms with van der Waals surface area (Å²) in [6.07, 6.45) is 7.42. The molecule has 25 heavy (non-hydrogen) atoms. The third-order valence-electron chi connectivity index (χ3n) is 4.21. The smallest absolute Gasteiger partial charge is 0.229 e. The standard InChI is InChI=1S/C16H21ClN8/c1-18-5-7-25-6-3-4-13(25)9-19-15-14(17)10-20-16(23-15)22-12-8-21-24(2)11-12/h8,10-11,13H,3-7,9H2,2H3,(H2,19,20,22,23)/t13-/m0/s1. The molecule has 2 N–H and O–H groups in total. The lowest BCUT2D eigenvalue weighted by Gasteiger charge is -2.23. The third kappa shape index (κ3) is 4.59. The minimum atomic E-state index is 0.405. The Balaban J connectivity index is 1.62. The van der Waals surface area contributed by atoms with Crippen molar-refractivity contribution < 1.29 is 0 Å². The molecule has 0 spiro atoms. The van der Waals surface area contributed by atoms with E-state index in [4.69, 9.17) is 18.2 Å². The van der Waals surface area contributed by atoms with Gasteiger partial charge in [-0.1, -0.05) is 11.6 Å². The van der Waals surface area contributed by atoms with Gasteiger partial charge in [0.15, 0.2) is 5.82 Å². The van der Waals surface area contributed by atoms with Crippen LogP contribution < -0.4 is 10.6 Å². The Kier molecular flexibility index (Phi) is 5.68. The summed E-state index contributed by atoms with van der Waals surface area (Å²) >= 11 is 6.22. The maximum absolute atomic E-state index is 6.95. The van der Waals surface area contributed by atoms with Crippen molar-refractivity contribution in [3.05, 3.63) is 35.0 Å². The number of anilines is 3.